The maximum Gasteiger partial charge on any atom is 0.235 e. The first kappa shape index (κ1) is 8.87. The molecule has 0 aliphatic heterocycles. The third-order valence-electron chi connectivity index (χ3n) is 1.94. The molecule has 0 atom stereocenters. The second kappa shape index (κ2) is 4.00. The highest BCUT2D eigenvalue weighted by Crippen LogP contribution is 2.03. The molecule has 0 saturated heterocycles. The fourth-order valence-corrected chi connectivity index (χ4v) is 1.28. The molecule has 0 radical (unpaired) electrons. The van der Waals surface area contributed by atoms with Gasteiger partial charge in [-0.2, -0.15) is 0 Å². The van der Waals surface area contributed by atoms with Crippen molar-refractivity contribution in [1.29, 1.82) is 0 Å². The minimum Gasteiger partial charge on any atom is -0.274 e. The van der Waals surface area contributed by atoms with Gasteiger partial charge >= 0.3 is 0 Å². The molecule has 0 aliphatic rings. The SMILES string of the molecule is CCCc1ccnc(-n2ccnc2)n1. The molecule has 0 N–H and O–H groups in total. The molecule has 2 aromatic rings. The van der Waals surface area contributed by atoms with Crippen molar-refractivity contribution in [2.45, 2.75) is 19.8 Å². The van der Waals surface area contributed by atoms with Gasteiger partial charge in [-0.05, 0) is 12.5 Å². The molecule has 4 heteroatoms. The zero-order chi connectivity index (χ0) is 9.80. The number of imidazole rings is 1. The van der Waals surface area contributed by atoms with Gasteiger partial charge in [-0.15, -0.1) is 0 Å². The lowest BCUT2D eigenvalue weighted by Gasteiger charge is -2.01. The van der Waals surface area contributed by atoms with Crippen molar-refractivity contribution < 1.29 is 0 Å². The Balaban J connectivity index is 2.31. The number of rotatable bonds is 3. The van der Waals surface area contributed by atoms with E-state index in [4.69, 9.17) is 0 Å². The summed E-state index contributed by atoms with van der Waals surface area (Å²) in [6.45, 7) is 2.14. The van der Waals surface area contributed by atoms with Crippen molar-refractivity contribution in [3.63, 3.8) is 0 Å². The lowest BCUT2D eigenvalue weighted by atomic mass is 10.2. The predicted molar refractivity (Wildman–Crippen MR) is 53.1 cm³/mol. The fourth-order valence-electron chi connectivity index (χ4n) is 1.28. The summed E-state index contributed by atoms with van der Waals surface area (Å²) in [5, 5.41) is 0. The zero-order valence-electron chi connectivity index (χ0n) is 8.09. The van der Waals surface area contributed by atoms with Gasteiger partial charge in [0, 0.05) is 24.3 Å². The summed E-state index contributed by atoms with van der Waals surface area (Å²) in [6, 6.07) is 1.95. The number of aryl methyl sites for hydroxylation is 1. The first-order valence-corrected chi connectivity index (χ1v) is 4.70. The molecule has 2 aromatic heterocycles. The van der Waals surface area contributed by atoms with E-state index in [0.29, 0.717) is 5.95 Å². The molecule has 2 heterocycles. The lowest BCUT2D eigenvalue weighted by molar-refractivity contribution is 0.837. The quantitative estimate of drug-likeness (QED) is 0.735. The third kappa shape index (κ3) is 1.79. The Bertz CT molecular complexity index is 394. The molecule has 0 saturated carbocycles. The number of hydrogen-bond acceptors (Lipinski definition) is 3. The van der Waals surface area contributed by atoms with Crippen LogP contribution in [-0.2, 0) is 6.42 Å². The summed E-state index contributed by atoms with van der Waals surface area (Å²) < 4.78 is 1.80. The van der Waals surface area contributed by atoms with Gasteiger partial charge in [0.25, 0.3) is 0 Å². The van der Waals surface area contributed by atoms with Gasteiger partial charge in [-0.1, -0.05) is 13.3 Å². The molecule has 0 fully saturated rings. The highest BCUT2D eigenvalue weighted by molar-refractivity contribution is 5.14. The van der Waals surface area contributed by atoms with Crippen LogP contribution in [0.2, 0.25) is 0 Å². The molecular formula is C10H12N4. The summed E-state index contributed by atoms with van der Waals surface area (Å²) in [5.41, 5.74) is 1.08. The van der Waals surface area contributed by atoms with Gasteiger partial charge in [0.1, 0.15) is 6.33 Å². The molecule has 0 aromatic carbocycles. The van der Waals surface area contributed by atoms with Gasteiger partial charge in [-0.25, -0.2) is 15.0 Å². The second-order valence-electron chi connectivity index (χ2n) is 3.07. The van der Waals surface area contributed by atoms with Crippen LogP contribution in [0.3, 0.4) is 0 Å². The average molecular weight is 188 g/mol. The maximum absolute atomic E-state index is 4.42. The summed E-state index contributed by atoms with van der Waals surface area (Å²) in [5.74, 6) is 0.688. The van der Waals surface area contributed by atoms with E-state index in [-0.39, 0.29) is 0 Å². The van der Waals surface area contributed by atoms with Crippen LogP contribution in [0.5, 0.6) is 0 Å². The minimum atomic E-state index is 0.688. The van der Waals surface area contributed by atoms with Gasteiger partial charge in [0.15, 0.2) is 0 Å². The summed E-state index contributed by atoms with van der Waals surface area (Å²) >= 11 is 0. The number of nitrogens with zero attached hydrogens (tertiary/aromatic N) is 4. The first-order valence-electron chi connectivity index (χ1n) is 4.70. The zero-order valence-corrected chi connectivity index (χ0v) is 8.09. The van der Waals surface area contributed by atoms with E-state index in [0.717, 1.165) is 18.5 Å². The molecule has 0 amide bonds. The van der Waals surface area contributed by atoms with Crippen LogP contribution in [0.4, 0.5) is 0 Å². The molecule has 4 nitrogen and oxygen atoms in total. The Kier molecular flexibility index (Phi) is 2.53. The fraction of sp³-hybridized carbons (Fsp3) is 0.300. The highest BCUT2D eigenvalue weighted by Gasteiger charge is 1.99. The topological polar surface area (TPSA) is 43.6 Å². The summed E-state index contributed by atoms with van der Waals surface area (Å²) in [7, 11) is 0. The van der Waals surface area contributed by atoms with Crippen LogP contribution in [-0.4, -0.2) is 19.5 Å². The lowest BCUT2D eigenvalue weighted by Crippen LogP contribution is -2.00. The van der Waals surface area contributed by atoms with Crippen LogP contribution in [0.25, 0.3) is 5.95 Å². The second-order valence-corrected chi connectivity index (χ2v) is 3.07. The van der Waals surface area contributed by atoms with Gasteiger partial charge in [-0.3, -0.25) is 4.57 Å². The van der Waals surface area contributed by atoms with E-state index in [9.17, 15) is 0 Å². The standard InChI is InChI=1S/C10H12N4/c1-2-3-9-4-5-12-10(13-9)14-7-6-11-8-14/h4-8H,2-3H2,1H3. The van der Waals surface area contributed by atoms with Crippen LogP contribution in [0.1, 0.15) is 19.0 Å². The molecule has 0 spiro atoms. The van der Waals surface area contributed by atoms with E-state index in [1.807, 2.05) is 12.3 Å². The van der Waals surface area contributed by atoms with Crippen LogP contribution in [0, 0.1) is 0 Å². The van der Waals surface area contributed by atoms with Crippen molar-refractivity contribution in [1.82, 2.24) is 19.5 Å². The van der Waals surface area contributed by atoms with Crippen molar-refractivity contribution >= 4 is 0 Å². The Morgan fingerprint density at radius 2 is 2.29 bits per heavy atom. The first-order chi connectivity index (χ1) is 6.90. The molecule has 72 valence electrons. The minimum absolute atomic E-state index is 0.688. The van der Waals surface area contributed by atoms with Crippen LogP contribution in [0.15, 0.2) is 31.0 Å². The van der Waals surface area contributed by atoms with E-state index < -0.39 is 0 Å². The Labute approximate surface area is 82.7 Å². The molecular weight excluding hydrogens is 176 g/mol. The normalized spacial score (nSPS) is 10.4. The largest absolute Gasteiger partial charge is 0.274 e. The van der Waals surface area contributed by atoms with Gasteiger partial charge in [0.05, 0.1) is 0 Å². The Morgan fingerprint density at radius 3 is 3.00 bits per heavy atom. The third-order valence-corrected chi connectivity index (χ3v) is 1.94. The molecule has 14 heavy (non-hydrogen) atoms. The average Bonchev–Trinajstić information content (AvgIpc) is 2.71. The number of hydrogen-bond donors (Lipinski definition) is 0. The van der Waals surface area contributed by atoms with Crippen molar-refractivity contribution in [3.05, 3.63) is 36.7 Å². The Morgan fingerprint density at radius 1 is 1.36 bits per heavy atom. The van der Waals surface area contributed by atoms with Crippen molar-refractivity contribution in [3.8, 4) is 5.95 Å². The van der Waals surface area contributed by atoms with Crippen LogP contribution >= 0.6 is 0 Å². The van der Waals surface area contributed by atoms with Crippen molar-refractivity contribution in [2.24, 2.45) is 0 Å². The monoisotopic (exact) mass is 188 g/mol. The van der Waals surface area contributed by atoms with Gasteiger partial charge < -0.3 is 0 Å². The molecule has 2 rings (SSSR count). The molecule has 0 aliphatic carbocycles. The van der Waals surface area contributed by atoms with Crippen molar-refractivity contribution in [2.75, 3.05) is 0 Å². The van der Waals surface area contributed by atoms with E-state index in [2.05, 4.69) is 21.9 Å². The highest BCUT2D eigenvalue weighted by atomic mass is 15.2. The van der Waals surface area contributed by atoms with E-state index in [1.165, 1.54) is 0 Å². The Hall–Kier alpha value is -1.71. The predicted octanol–water partition coefficient (Wildman–Crippen LogP) is 1.61. The van der Waals surface area contributed by atoms with Gasteiger partial charge in [0.2, 0.25) is 5.95 Å². The molecule has 0 unspecified atom stereocenters. The summed E-state index contributed by atoms with van der Waals surface area (Å²) in [6.07, 6.45) is 9.13. The van der Waals surface area contributed by atoms with E-state index >= 15 is 0 Å². The maximum atomic E-state index is 4.42. The summed E-state index contributed by atoms with van der Waals surface area (Å²) in [4.78, 5) is 12.5. The van der Waals surface area contributed by atoms with E-state index in [1.54, 1.807) is 23.3 Å². The smallest absolute Gasteiger partial charge is 0.235 e. The molecule has 0 bridgehead atoms. The number of aromatic nitrogens is 4. The van der Waals surface area contributed by atoms with Crippen LogP contribution < -0.4 is 0 Å².